The molecule has 4 heteroatoms. The molecule has 1 aromatic rings. The Morgan fingerprint density at radius 1 is 1.53 bits per heavy atom. The molecule has 1 rings (SSSR count). The summed E-state index contributed by atoms with van der Waals surface area (Å²) in [4.78, 5) is 14.9. The van der Waals surface area contributed by atoms with Gasteiger partial charge in [-0.05, 0) is 39.3 Å². The van der Waals surface area contributed by atoms with E-state index in [0.29, 0.717) is 12.2 Å². The second-order valence-corrected chi connectivity index (χ2v) is 4.55. The Bertz CT molecular complexity index is 366. The van der Waals surface area contributed by atoms with Crippen molar-refractivity contribution in [3.8, 4) is 0 Å². The van der Waals surface area contributed by atoms with Crippen LogP contribution in [0.1, 0.15) is 35.6 Å². The first kappa shape index (κ1) is 11.8. The minimum absolute atomic E-state index is 0.101. The van der Waals surface area contributed by atoms with Gasteiger partial charge in [0.15, 0.2) is 0 Å². The van der Waals surface area contributed by atoms with Gasteiger partial charge in [0.1, 0.15) is 5.69 Å². The van der Waals surface area contributed by atoms with Crippen LogP contribution in [0.25, 0.3) is 0 Å². The van der Waals surface area contributed by atoms with E-state index in [1.165, 1.54) is 0 Å². The van der Waals surface area contributed by atoms with Crippen molar-refractivity contribution in [1.29, 1.82) is 0 Å². The van der Waals surface area contributed by atoms with Gasteiger partial charge < -0.3 is 16.0 Å². The molecular formula is C11H19N3O. The van der Waals surface area contributed by atoms with Crippen LogP contribution in [-0.4, -0.2) is 23.0 Å². The largest absolute Gasteiger partial charge is 0.354 e. The van der Waals surface area contributed by atoms with E-state index in [1.54, 1.807) is 0 Å². The molecule has 0 aliphatic rings. The first-order valence-corrected chi connectivity index (χ1v) is 5.04. The lowest BCUT2D eigenvalue weighted by molar-refractivity contribution is 0.0910. The van der Waals surface area contributed by atoms with Crippen LogP contribution in [0.2, 0.25) is 0 Å². The number of hydrogen-bond donors (Lipinski definition) is 3. The van der Waals surface area contributed by atoms with Crippen LogP contribution in [0.15, 0.2) is 6.07 Å². The van der Waals surface area contributed by atoms with Crippen LogP contribution in [0.3, 0.4) is 0 Å². The average Bonchev–Trinajstić information content (AvgIpc) is 2.45. The van der Waals surface area contributed by atoms with E-state index in [0.717, 1.165) is 11.3 Å². The maximum absolute atomic E-state index is 11.9. The minimum Gasteiger partial charge on any atom is -0.354 e. The van der Waals surface area contributed by atoms with E-state index in [-0.39, 0.29) is 11.4 Å². The minimum atomic E-state index is -0.372. The summed E-state index contributed by atoms with van der Waals surface area (Å²) in [5.41, 5.74) is 7.74. The zero-order valence-electron chi connectivity index (χ0n) is 9.77. The van der Waals surface area contributed by atoms with Crippen molar-refractivity contribution in [3.05, 3.63) is 23.0 Å². The number of nitrogens with one attached hydrogen (secondary N) is 2. The van der Waals surface area contributed by atoms with Gasteiger partial charge in [-0.25, -0.2) is 0 Å². The Kier molecular flexibility index (Phi) is 3.19. The van der Waals surface area contributed by atoms with E-state index in [1.807, 2.05) is 33.8 Å². The molecule has 0 aliphatic heterocycles. The fourth-order valence-electron chi connectivity index (χ4n) is 1.39. The second kappa shape index (κ2) is 4.06. The van der Waals surface area contributed by atoms with Gasteiger partial charge in [-0.1, -0.05) is 0 Å². The number of H-pyrrole nitrogens is 1. The van der Waals surface area contributed by atoms with Crippen molar-refractivity contribution in [3.63, 3.8) is 0 Å². The lowest BCUT2D eigenvalue weighted by Crippen LogP contribution is -2.49. The molecule has 84 valence electrons. The van der Waals surface area contributed by atoms with Crippen LogP contribution in [0.4, 0.5) is 0 Å². The van der Waals surface area contributed by atoms with E-state index in [4.69, 9.17) is 5.73 Å². The first-order chi connectivity index (χ1) is 6.85. The van der Waals surface area contributed by atoms with Crippen LogP contribution in [0.5, 0.6) is 0 Å². The number of aryl methyl sites for hydroxylation is 2. The van der Waals surface area contributed by atoms with Crippen LogP contribution in [-0.2, 0) is 0 Å². The molecule has 1 aromatic heterocycles. The van der Waals surface area contributed by atoms with E-state index in [9.17, 15) is 4.79 Å². The molecule has 0 radical (unpaired) electrons. The molecule has 4 nitrogen and oxygen atoms in total. The van der Waals surface area contributed by atoms with Crippen molar-refractivity contribution in [2.45, 2.75) is 33.2 Å². The Morgan fingerprint density at radius 3 is 2.53 bits per heavy atom. The van der Waals surface area contributed by atoms with Gasteiger partial charge in [0.05, 0.1) is 0 Å². The SMILES string of the molecule is Cc1cc(C)c(C(=O)NC(C)(C)CN)[nH]1. The number of amides is 1. The summed E-state index contributed by atoms with van der Waals surface area (Å²) in [7, 11) is 0. The quantitative estimate of drug-likeness (QED) is 0.697. The lowest BCUT2D eigenvalue weighted by atomic mass is 10.1. The Hall–Kier alpha value is -1.29. The highest BCUT2D eigenvalue weighted by atomic mass is 16.2. The number of hydrogen-bond acceptors (Lipinski definition) is 2. The summed E-state index contributed by atoms with van der Waals surface area (Å²) in [6.07, 6.45) is 0. The van der Waals surface area contributed by atoms with Gasteiger partial charge in [0.2, 0.25) is 0 Å². The molecule has 0 aliphatic carbocycles. The summed E-state index contributed by atoms with van der Waals surface area (Å²) >= 11 is 0. The molecule has 15 heavy (non-hydrogen) atoms. The molecule has 0 saturated heterocycles. The smallest absolute Gasteiger partial charge is 0.268 e. The van der Waals surface area contributed by atoms with E-state index < -0.39 is 0 Å². The zero-order valence-corrected chi connectivity index (χ0v) is 9.77. The predicted octanol–water partition coefficient (Wildman–Crippen LogP) is 1.10. The third-order valence-electron chi connectivity index (χ3n) is 2.34. The van der Waals surface area contributed by atoms with Crippen molar-refractivity contribution < 1.29 is 4.79 Å². The Labute approximate surface area is 90.2 Å². The Morgan fingerprint density at radius 2 is 2.13 bits per heavy atom. The number of carbonyl (C=O) groups is 1. The molecule has 4 N–H and O–H groups in total. The number of aromatic nitrogens is 1. The summed E-state index contributed by atoms with van der Waals surface area (Å²) in [6.45, 7) is 8.05. The molecule has 0 fully saturated rings. The van der Waals surface area contributed by atoms with Crippen LogP contribution in [0, 0.1) is 13.8 Å². The molecule has 1 amide bonds. The van der Waals surface area contributed by atoms with Crippen LogP contribution < -0.4 is 11.1 Å². The summed E-state index contributed by atoms with van der Waals surface area (Å²) in [5.74, 6) is -0.101. The number of rotatable bonds is 3. The van der Waals surface area contributed by atoms with Gasteiger partial charge in [0, 0.05) is 17.8 Å². The molecule has 0 spiro atoms. The fraction of sp³-hybridized carbons (Fsp3) is 0.545. The van der Waals surface area contributed by atoms with Gasteiger partial charge in [-0.15, -0.1) is 0 Å². The Balaban J connectivity index is 2.82. The highest BCUT2D eigenvalue weighted by Gasteiger charge is 2.21. The lowest BCUT2D eigenvalue weighted by Gasteiger charge is -2.23. The maximum atomic E-state index is 11.9. The van der Waals surface area contributed by atoms with E-state index in [2.05, 4.69) is 10.3 Å². The second-order valence-electron chi connectivity index (χ2n) is 4.55. The van der Waals surface area contributed by atoms with Gasteiger partial charge in [0.25, 0.3) is 5.91 Å². The predicted molar refractivity (Wildman–Crippen MR) is 60.9 cm³/mol. The van der Waals surface area contributed by atoms with Gasteiger partial charge in [-0.2, -0.15) is 0 Å². The standard InChI is InChI=1S/C11H19N3O/c1-7-5-8(2)13-9(7)10(15)14-11(3,4)6-12/h5,13H,6,12H2,1-4H3,(H,14,15). The van der Waals surface area contributed by atoms with E-state index >= 15 is 0 Å². The molecule has 1 heterocycles. The third kappa shape index (κ3) is 2.83. The van der Waals surface area contributed by atoms with Crippen molar-refractivity contribution >= 4 is 5.91 Å². The van der Waals surface area contributed by atoms with Gasteiger partial charge in [-0.3, -0.25) is 4.79 Å². The molecule has 0 saturated carbocycles. The van der Waals surface area contributed by atoms with Crippen LogP contribution >= 0.6 is 0 Å². The molecule has 0 bridgehead atoms. The summed E-state index contributed by atoms with van der Waals surface area (Å²) in [5, 5.41) is 2.88. The molecule has 0 unspecified atom stereocenters. The fourth-order valence-corrected chi connectivity index (χ4v) is 1.39. The number of nitrogens with two attached hydrogens (primary N) is 1. The highest BCUT2D eigenvalue weighted by Crippen LogP contribution is 2.10. The zero-order chi connectivity index (χ0) is 11.6. The number of carbonyl (C=O) groups excluding carboxylic acids is 1. The number of aromatic amines is 1. The molecule has 0 aromatic carbocycles. The van der Waals surface area contributed by atoms with Crippen molar-refractivity contribution in [2.75, 3.05) is 6.54 Å². The highest BCUT2D eigenvalue weighted by molar-refractivity contribution is 5.94. The van der Waals surface area contributed by atoms with Crippen molar-refractivity contribution in [2.24, 2.45) is 5.73 Å². The molecular weight excluding hydrogens is 190 g/mol. The monoisotopic (exact) mass is 209 g/mol. The van der Waals surface area contributed by atoms with Crippen molar-refractivity contribution in [1.82, 2.24) is 10.3 Å². The average molecular weight is 209 g/mol. The maximum Gasteiger partial charge on any atom is 0.268 e. The summed E-state index contributed by atoms with van der Waals surface area (Å²) in [6, 6.07) is 1.95. The topological polar surface area (TPSA) is 70.9 Å². The third-order valence-corrected chi connectivity index (χ3v) is 2.34. The summed E-state index contributed by atoms with van der Waals surface area (Å²) < 4.78 is 0. The normalized spacial score (nSPS) is 11.5. The molecule has 0 atom stereocenters. The first-order valence-electron chi connectivity index (χ1n) is 5.04. The van der Waals surface area contributed by atoms with Gasteiger partial charge >= 0.3 is 0 Å².